The maximum Gasteiger partial charge on any atom is 0.338 e. The van der Waals surface area contributed by atoms with Crippen LogP contribution in [0.15, 0.2) is 97.1 Å². The number of rotatable bonds is 10. The summed E-state index contributed by atoms with van der Waals surface area (Å²) >= 11 is 0. The lowest BCUT2D eigenvalue weighted by Crippen LogP contribution is -2.64. The molecule has 4 saturated carbocycles. The summed E-state index contributed by atoms with van der Waals surface area (Å²) in [7, 11) is 2.60. The molecule has 15 nitrogen and oxygen atoms in total. The van der Waals surface area contributed by atoms with Crippen LogP contribution in [0.5, 0.6) is 0 Å². The summed E-state index contributed by atoms with van der Waals surface area (Å²) in [4.78, 5) is 101. The molecular weight excluding hydrogens is 877 g/mol. The Morgan fingerprint density at radius 1 is 0.522 bits per heavy atom. The van der Waals surface area contributed by atoms with Gasteiger partial charge in [-0.3, -0.25) is 29.0 Å². The topological polar surface area (TPSA) is 186 Å². The Bertz CT molecular complexity index is 2930. The minimum atomic E-state index is -1.68. The molecule has 12 unspecified atom stereocenters. The van der Waals surface area contributed by atoms with Gasteiger partial charge in [-0.25, -0.2) is 19.6 Å². The highest BCUT2D eigenvalue weighted by Crippen LogP contribution is 2.83. The van der Waals surface area contributed by atoms with E-state index in [1.54, 1.807) is 0 Å². The number of pyridine rings is 2. The number of fused-ring (bicyclic) bond motifs is 26. The molecule has 4 aromatic carbocycles. The van der Waals surface area contributed by atoms with E-state index in [9.17, 15) is 28.8 Å². The number of methoxy groups -OCH3 is 2. The van der Waals surface area contributed by atoms with E-state index >= 15 is 0 Å². The summed E-state index contributed by atoms with van der Waals surface area (Å²) in [6.07, 6.45) is 0.929. The van der Waals surface area contributed by atoms with Crippen molar-refractivity contribution in [3.63, 3.8) is 0 Å². The molecule has 0 spiro atoms. The molecule has 4 amide bonds. The smallest absolute Gasteiger partial charge is 0.338 e. The first-order chi connectivity index (χ1) is 33.6. The number of nitrogens with one attached hydrogen (secondary N) is 2. The van der Waals surface area contributed by atoms with Crippen molar-refractivity contribution in [1.82, 2.24) is 19.8 Å². The van der Waals surface area contributed by atoms with Gasteiger partial charge in [0.1, 0.15) is 0 Å². The van der Waals surface area contributed by atoms with Crippen molar-refractivity contribution in [2.45, 2.75) is 24.0 Å². The van der Waals surface area contributed by atoms with Gasteiger partial charge in [-0.15, -0.1) is 0 Å². The Labute approximate surface area is 395 Å². The Balaban J connectivity index is 0.763. The summed E-state index contributed by atoms with van der Waals surface area (Å²) in [5.74, 6) is -9.65. The molecule has 4 aliphatic carbocycles. The average molecular weight is 925 g/mol. The Hall–Kier alpha value is -7.00. The highest BCUT2D eigenvalue weighted by atomic mass is 16.6. The van der Waals surface area contributed by atoms with Crippen LogP contribution in [0.4, 0.5) is 11.4 Å². The van der Waals surface area contributed by atoms with Crippen molar-refractivity contribution >= 4 is 90.6 Å². The number of aromatic nitrogens is 2. The van der Waals surface area contributed by atoms with Gasteiger partial charge >= 0.3 is 11.9 Å². The fraction of sp³-hybridized carbons (Fsp3) is 0.407. The zero-order chi connectivity index (χ0) is 46.8. The summed E-state index contributed by atoms with van der Waals surface area (Å²) in [5.41, 5.74) is 1.67. The second kappa shape index (κ2) is 14.3. The maximum atomic E-state index is 14.8. The SMILES string of the molecule is COC(=O)C12OC(C(=O)OC)(C3C4CC(C5C(=O)N(CCNc6c7ccccc7nc7ccccc67)C(=O)C45)C31)C1C3CC(C4C(=O)N(CCNc5c6ccccc6nc6ccccc56)C(=O)C34)C12. The van der Waals surface area contributed by atoms with Crippen LogP contribution in [0.2, 0.25) is 0 Å². The van der Waals surface area contributed by atoms with Crippen molar-refractivity contribution < 1.29 is 43.0 Å². The number of hydrogen-bond donors (Lipinski definition) is 2. The van der Waals surface area contributed by atoms with E-state index < -0.39 is 94.2 Å². The lowest BCUT2D eigenvalue weighted by molar-refractivity contribution is -0.188. The Kier molecular flexibility index (Phi) is 8.49. The molecule has 6 heterocycles. The Morgan fingerprint density at radius 3 is 1.10 bits per heavy atom. The summed E-state index contributed by atoms with van der Waals surface area (Å²) in [6.45, 7) is 0.828. The van der Waals surface area contributed by atoms with E-state index in [-0.39, 0.29) is 36.7 Å². The molecule has 6 aromatic rings. The molecule has 4 aliphatic heterocycles. The molecule has 12 atom stereocenters. The van der Waals surface area contributed by atoms with E-state index in [1.165, 1.54) is 24.0 Å². The predicted octanol–water partition coefficient (Wildman–Crippen LogP) is 5.45. The number of benzene rings is 4. The first-order valence-corrected chi connectivity index (χ1v) is 24.2. The lowest BCUT2D eigenvalue weighted by Gasteiger charge is -2.51. The normalized spacial score (nSPS) is 35.2. The molecule has 2 N–H and O–H groups in total. The van der Waals surface area contributed by atoms with E-state index in [0.717, 1.165) is 55.0 Å². The fourth-order valence-corrected chi connectivity index (χ4v) is 16.5. The molecular formula is C54H48N6O9. The van der Waals surface area contributed by atoms with Gasteiger partial charge in [-0.1, -0.05) is 72.8 Å². The molecule has 14 rings (SSSR count). The van der Waals surface area contributed by atoms with Crippen LogP contribution in [0, 0.1) is 71.0 Å². The summed E-state index contributed by atoms with van der Waals surface area (Å²) < 4.78 is 18.4. The number of amides is 4. The predicted molar refractivity (Wildman–Crippen MR) is 251 cm³/mol. The number of hydrogen-bond acceptors (Lipinski definition) is 13. The van der Waals surface area contributed by atoms with Gasteiger partial charge in [0.05, 0.1) is 71.3 Å². The highest BCUT2D eigenvalue weighted by Gasteiger charge is 2.93. The number of anilines is 2. The standard InChI is InChI=1S/C54H48N6O9/c1-67-51(65)53-41-29-23-31(39-37(29)47(61)59(49(39)63)21-19-55-45-25-11-3-7-15-33(25)57-34-16-8-4-12-26(34)45)43(41)54(69-53,52(66)68-2)44-32-24-30(42(44)53)38-40(32)50(64)60(48(38)62)22-20-56-46-27-13-5-9-17-35(27)58-36-18-10-6-14-28(36)46/h3-18,29-32,37-44H,19-24H2,1-2H3,(H,55,57)(H,56,58). The molecule has 2 aromatic heterocycles. The number of carbonyl (C=O) groups is 6. The van der Waals surface area contributed by atoms with Gasteiger partial charge in [0.2, 0.25) is 23.6 Å². The van der Waals surface area contributed by atoms with Crippen molar-refractivity contribution in [2.75, 3.05) is 51.0 Å². The number of carbonyl (C=O) groups excluding carboxylic acids is 6. The fourth-order valence-electron chi connectivity index (χ4n) is 16.5. The Morgan fingerprint density at radius 2 is 0.812 bits per heavy atom. The third-order valence-electron chi connectivity index (χ3n) is 18.3. The molecule has 348 valence electrons. The van der Waals surface area contributed by atoms with Gasteiger partial charge < -0.3 is 24.8 Å². The molecule has 69 heavy (non-hydrogen) atoms. The minimum Gasteiger partial charge on any atom is -0.467 e. The van der Waals surface area contributed by atoms with Crippen molar-refractivity contribution in [3.8, 4) is 0 Å². The number of esters is 2. The van der Waals surface area contributed by atoms with E-state index in [1.807, 2.05) is 97.1 Å². The number of imide groups is 2. The second-order valence-corrected chi connectivity index (χ2v) is 20.6. The zero-order valence-corrected chi connectivity index (χ0v) is 37.9. The molecule has 8 fully saturated rings. The van der Waals surface area contributed by atoms with Crippen LogP contribution in [0.1, 0.15) is 12.8 Å². The van der Waals surface area contributed by atoms with Crippen molar-refractivity contribution in [2.24, 2.45) is 71.0 Å². The molecule has 6 bridgehead atoms. The van der Waals surface area contributed by atoms with Crippen molar-refractivity contribution in [1.29, 1.82) is 0 Å². The highest BCUT2D eigenvalue weighted by molar-refractivity contribution is 6.10. The lowest BCUT2D eigenvalue weighted by atomic mass is 9.47. The summed E-state index contributed by atoms with van der Waals surface area (Å²) in [6, 6.07) is 31.4. The van der Waals surface area contributed by atoms with E-state index in [4.69, 9.17) is 24.2 Å². The monoisotopic (exact) mass is 924 g/mol. The van der Waals surface area contributed by atoms with Gasteiger partial charge in [-0.2, -0.15) is 0 Å². The number of likely N-dealkylation sites (tertiary alicyclic amines) is 2. The quantitative estimate of drug-likeness (QED) is 0.101. The van der Waals surface area contributed by atoms with Crippen LogP contribution >= 0.6 is 0 Å². The molecule has 4 saturated heterocycles. The third kappa shape index (κ3) is 4.96. The number of para-hydroxylation sites is 4. The zero-order valence-electron chi connectivity index (χ0n) is 37.9. The largest absolute Gasteiger partial charge is 0.467 e. The first kappa shape index (κ1) is 41.0. The van der Waals surface area contributed by atoms with Crippen LogP contribution < -0.4 is 10.6 Å². The summed E-state index contributed by atoms with van der Waals surface area (Å²) in [5, 5.41) is 10.8. The molecule has 8 aliphatic rings. The van der Waals surface area contributed by atoms with Crippen LogP contribution in [-0.4, -0.2) is 107 Å². The minimum absolute atomic E-state index is 0.121. The average Bonchev–Trinajstić information content (AvgIpc) is 4.27. The molecule has 0 radical (unpaired) electrons. The first-order valence-electron chi connectivity index (χ1n) is 24.2. The maximum absolute atomic E-state index is 14.8. The van der Waals surface area contributed by atoms with Gasteiger partial charge in [0.25, 0.3) is 0 Å². The third-order valence-corrected chi connectivity index (χ3v) is 18.3. The molecule has 15 heteroatoms. The van der Waals surface area contributed by atoms with Crippen LogP contribution in [0.3, 0.4) is 0 Å². The van der Waals surface area contributed by atoms with E-state index in [0.29, 0.717) is 25.9 Å². The van der Waals surface area contributed by atoms with Crippen LogP contribution in [-0.2, 0) is 43.0 Å². The van der Waals surface area contributed by atoms with Gasteiger partial charge in [-0.05, 0) is 60.8 Å². The van der Waals surface area contributed by atoms with Gasteiger partial charge in [0, 0.05) is 71.4 Å². The van der Waals surface area contributed by atoms with Crippen LogP contribution in [0.25, 0.3) is 43.6 Å². The van der Waals surface area contributed by atoms with Crippen molar-refractivity contribution in [3.05, 3.63) is 97.1 Å². The number of nitrogens with zero attached hydrogens (tertiary/aromatic N) is 4. The van der Waals surface area contributed by atoms with E-state index in [2.05, 4.69) is 10.6 Å². The second-order valence-electron chi connectivity index (χ2n) is 20.6. The van der Waals surface area contributed by atoms with Gasteiger partial charge in [0.15, 0.2) is 11.2 Å². The number of ether oxygens (including phenoxy) is 3.